The molecule has 104 valence electrons. The van der Waals surface area contributed by atoms with Gasteiger partial charge in [0.05, 0.1) is 11.4 Å². The highest BCUT2D eigenvalue weighted by Crippen LogP contribution is 2.18. The number of hydrogen-bond donors (Lipinski definition) is 1. The van der Waals surface area contributed by atoms with Crippen LogP contribution in [-0.4, -0.2) is 5.97 Å². The highest BCUT2D eigenvalue weighted by atomic mass is 35.5. The smallest absolute Gasteiger partial charge is 0.310 e. The van der Waals surface area contributed by atoms with Crippen molar-refractivity contribution in [3.05, 3.63) is 64.4 Å². The molecule has 0 atom stereocenters. The van der Waals surface area contributed by atoms with E-state index in [0.717, 1.165) is 5.56 Å². The summed E-state index contributed by atoms with van der Waals surface area (Å²) in [5.41, 5.74) is 7.56. The second-order valence-corrected chi connectivity index (χ2v) is 4.73. The van der Waals surface area contributed by atoms with Crippen molar-refractivity contribution in [3.8, 4) is 0 Å². The Kier molecular flexibility index (Phi) is 4.58. The van der Waals surface area contributed by atoms with E-state index in [1.807, 2.05) is 0 Å². The normalized spacial score (nSPS) is 10.3. The van der Waals surface area contributed by atoms with Crippen molar-refractivity contribution in [2.45, 2.75) is 13.0 Å². The summed E-state index contributed by atoms with van der Waals surface area (Å²) in [6.45, 7) is 0.0141. The van der Waals surface area contributed by atoms with E-state index in [1.165, 1.54) is 18.2 Å². The third-order valence-corrected chi connectivity index (χ3v) is 3.06. The van der Waals surface area contributed by atoms with Gasteiger partial charge in [0, 0.05) is 11.3 Å². The van der Waals surface area contributed by atoms with Crippen LogP contribution in [0.5, 0.6) is 0 Å². The molecule has 0 heterocycles. The Labute approximate surface area is 121 Å². The Morgan fingerprint density at radius 3 is 2.75 bits per heavy atom. The first-order chi connectivity index (χ1) is 9.54. The minimum Gasteiger partial charge on any atom is -0.461 e. The molecule has 0 fully saturated rings. The molecule has 0 saturated heterocycles. The summed E-state index contributed by atoms with van der Waals surface area (Å²) in [5.74, 6) is -0.819. The van der Waals surface area contributed by atoms with Gasteiger partial charge in [0.1, 0.15) is 12.4 Å². The minimum atomic E-state index is -0.426. The zero-order chi connectivity index (χ0) is 14.5. The van der Waals surface area contributed by atoms with E-state index in [1.54, 1.807) is 24.3 Å². The lowest BCUT2D eigenvalue weighted by Gasteiger charge is -2.07. The molecule has 2 aromatic carbocycles. The molecule has 2 rings (SSSR count). The Hall–Kier alpha value is -2.07. The molecule has 0 aliphatic heterocycles. The molecule has 0 aromatic heterocycles. The van der Waals surface area contributed by atoms with Crippen LogP contribution in [0, 0.1) is 5.82 Å². The fourth-order valence-electron chi connectivity index (χ4n) is 1.72. The Morgan fingerprint density at radius 2 is 2.05 bits per heavy atom. The number of carbonyl (C=O) groups is 1. The molecule has 5 heteroatoms. The molecule has 0 radical (unpaired) electrons. The second kappa shape index (κ2) is 6.39. The number of ether oxygens (including phenoxy) is 1. The van der Waals surface area contributed by atoms with E-state index < -0.39 is 11.8 Å². The molecule has 0 aliphatic rings. The highest BCUT2D eigenvalue weighted by molar-refractivity contribution is 6.31. The summed E-state index contributed by atoms with van der Waals surface area (Å²) in [4.78, 5) is 11.7. The summed E-state index contributed by atoms with van der Waals surface area (Å²) in [6.07, 6.45) is 0.129. The number of halogens is 2. The quantitative estimate of drug-likeness (QED) is 0.695. The third-order valence-electron chi connectivity index (χ3n) is 2.70. The molecular formula is C15H13ClFNO2. The van der Waals surface area contributed by atoms with Crippen molar-refractivity contribution in [3.63, 3.8) is 0 Å². The maximum atomic E-state index is 12.9. The number of nitrogen functional groups attached to an aromatic ring is 1. The number of nitrogens with two attached hydrogens (primary N) is 1. The fraction of sp³-hybridized carbons (Fsp3) is 0.133. The molecule has 0 unspecified atom stereocenters. The summed E-state index contributed by atoms with van der Waals surface area (Å²) < 4.78 is 18.0. The zero-order valence-electron chi connectivity index (χ0n) is 10.6. The predicted molar refractivity (Wildman–Crippen MR) is 75.8 cm³/mol. The van der Waals surface area contributed by atoms with Gasteiger partial charge in [-0.15, -0.1) is 0 Å². The SMILES string of the molecule is Nc1cccc(CC(=O)OCc2ccc(F)cc2Cl)c1. The first kappa shape index (κ1) is 14.3. The molecule has 0 amide bonds. The topological polar surface area (TPSA) is 52.3 Å². The lowest BCUT2D eigenvalue weighted by atomic mass is 10.1. The first-order valence-electron chi connectivity index (χ1n) is 5.98. The molecular weight excluding hydrogens is 281 g/mol. The highest BCUT2D eigenvalue weighted by Gasteiger charge is 2.08. The fourth-order valence-corrected chi connectivity index (χ4v) is 1.94. The van der Waals surface area contributed by atoms with Crippen molar-refractivity contribution in [2.24, 2.45) is 0 Å². The van der Waals surface area contributed by atoms with E-state index in [-0.39, 0.29) is 18.1 Å². The Balaban J connectivity index is 1.92. The zero-order valence-corrected chi connectivity index (χ0v) is 11.4. The monoisotopic (exact) mass is 293 g/mol. The van der Waals surface area contributed by atoms with Gasteiger partial charge in [-0.2, -0.15) is 0 Å². The van der Waals surface area contributed by atoms with Crippen LogP contribution in [0.25, 0.3) is 0 Å². The van der Waals surface area contributed by atoms with Crippen LogP contribution in [0.1, 0.15) is 11.1 Å². The van der Waals surface area contributed by atoms with E-state index in [4.69, 9.17) is 22.1 Å². The van der Waals surface area contributed by atoms with E-state index in [9.17, 15) is 9.18 Å². The number of rotatable bonds is 4. The largest absolute Gasteiger partial charge is 0.461 e. The average molecular weight is 294 g/mol. The first-order valence-corrected chi connectivity index (χ1v) is 6.36. The van der Waals surface area contributed by atoms with Crippen LogP contribution in [0.4, 0.5) is 10.1 Å². The van der Waals surface area contributed by atoms with Crippen molar-refractivity contribution in [1.29, 1.82) is 0 Å². The van der Waals surface area contributed by atoms with Gasteiger partial charge < -0.3 is 10.5 Å². The van der Waals surface area contributed by atoms with Crippen molar-refractivity contribution in [2.75, 3.05) is 5.73 Å². The molecule has 0 spiro atoms. The van der Waals surface area contributed by atoms with Crippen molar-refractivity contribution in [1.82, 2.24) is 0 Å². The molecule has 0 bridgehead atoms. The minimum absolute atomic E-state index is 0.0141. The summed E-state index contributed by atoms with van der Waals surface area (Å²) in [6, 6.07) is 11.0. The van der Waals surface area contributed by atoms with Gasteiger partial charge >= 0.3 is 5.97 Å². The average Bonchev–Trinajstić information content (AvgIpc) is 2.37. The number of carbonyl (C=O) groups excluding carboxylic acids is 1. The standard InChI is InChI=1S/C15H13ClFNO2/c16-14-8-12(17)5-4-11(14)9-20-15(19)7-10-2-1-3-13(18)6-10/h1-6,8H,7,9,18H2. The van der Waals surface area contributed by atoms with Gasteiger partial charge in [-0.25, -0.2) is 4.39 Å². The van der Waals surface area contributed by atoms with Gasteiger partial charge in [-0.3, -0.25) is 4.79 Å². The van der Waals surface area contributed by atoms with Crippen LogP contribution < -0.4 is 5.73 Å². The number of benzene rings is 2. The van der Waals surface area contributed by atoms with Crippen molar-refractivity contribution < 1.29 is 13.9 Å². The third kappa shape index (κ3) is 3.96. The molecule has 3 nitrogen and oxygen atoms in total. The molecule has 0 aliphatic carbocycles. The van der Waals surface area contributed by atoms with Gasteiger partial charge in [0.2, 0.25) is 0 Å². The predicted octanol–water partition coefficient (Wildman–Crippen LogP) is 3.35. The van der Waals surface area contributed by atoms with Crippen LogP contribution >= 0.6 is 11.6 Å². The van der Waals surface area contributed by atoms with E-state index >= 15 is 0 Å². The Morgan fingerprint density at radius 1 is 1.25 bits per heavy atom. The molecule has 2 aromatic rings. The van der Waals surface area contributed by atoms with Crippen LogP contribution in [0.15, 0.2) is 42.5 Å². The maximum absolute atomic E-state index is 12.9. The van der Waals surface area contributed by atoms with Crippen LogP contribution in [0.2, 0.25) is 5.02 Å². The van der Waals surface area contributed by atoms with Crippen molar-refractivity contribution >= 4 is 23.3 Å². The summed E-state index contributed by atoms with van der Waals surface area (Å²) in [5, 5.41) is 0.238. The van der Waals surface area contributed by atoms with E-state index in [2.05, 4.69) is 0 Å². The second-order valence-electron chi connectivity index (χ2n) is 4.32. The number of hydrogen-bond acceptors (Lipinski definition) is 3. The number of esters is 1. The number of anilines is 1. The maximum Gasteiger partial charge on any atom is 0.310 e. The van der Waals surface area contributed by atoms with Gasteiger partial charge in [-0.1, -0.05) is 29.8 Å². The van der Waals surface area contributed by atoms with E-state index in [0.29, 0.717) is 11.3 Å². The van der Waals surface area contributed by atoms with Gasteiger partial charge in [0.25, 0.3) is 0 Å². The molecule has 0 saturated carbocycles. The molecule has 20 heavy (non-hydrogen) atoms. The summed E-state index contributed by atoms with van der Waals surface area (Å²) in [7, 11) is 0. The molecule has 2 N–H and O–H groups in total. The van der Waals surface area contributed by atoms with Crippen LogP contribution in [0.3, 0.4) is 0 Å². The lowest BCUT2D eigenvalue weighted by Crippen LogP contribution is -2.08. The van der Waals surface area contributed by atoms with Crippen LogP contribution in [-0.2, 0) is 22.6 Å². The lowest BCUT2D eigenvalue weighted by molar-refractivity contribution is -0.144. The van der Waals surface area contributed by atoms with Gasteiger partial charge in [0.15, 0.2) is 0 Å². The summed E-state index contributed by atoms with van der Waals surface area (Å²) >= 11 is 5.85. The Bertz CT molecular complexity index is 631. The van der Waals surface area contributed by atoms with Gasteiger partial charge in [-0.05, 0) is 29.8 Å².